The molecule has 0 aliphatic heterocycles. The van der Waals surface area contributed by atoms with E-state index in [0.717, 1.165) is 0 Å². The van der Waals surface area contributed by atoms with Crippen LogP contribution in [-0.4, -0.2) is 0 Å². The summed E-state index contributed by atoms with van der Waals surface area (Å²) in [6, 6.07) is 0. The highest BCUT2D eigenvalue weighted by atomic mass is 79.9. The highest BCUT2D eigenvalue weighted by molar-refractivity contribution is 9.11. The van der Waals surface area contributed by atoms with E-state index in [-0.39, 0.29) is 0 Å². The van der Waals surface area contributed by atoms with E-state index in [1.807, 2.05) is 13.8 Å². The third-order valence-corrected chi connectivity index (χ3v) is 0. The van der Waals surface area contributed by atoms with Crippen molar-refractivity contribution in [2.24, 2.45) is 0 Å². The molecule has 0 aliphatic carbocycles. The first-order chi connectivity index (χ1) is 1.73. The van der Waals surface area contributed by atoms with Crippen LogP contribution in [0.25, 0.3) is 0 Å². The summed E-state index contributed by atoms with van der Waals surface area (Å²) < 4.78 is 0. The van der Waals surface area contributed by atoms with Gasteiger partial charge in [-0.15, -0.1) is 0 Å². The van der Waals surface area contributed by atoms with Crippen molar-refractivity contribution in [3.8, 4) is 0 Å². The Morgan fingerprint density at radius 1 is 1.50 bits per heavy atom. The van der Waals surface area contributed by atoms with Crippen LogP contribution in [0.5, 0.6) is 0 Å². The maximum absolute atomic E-state index is 3.19. The van der Waals surface area contributed by atoms with Gasteiger partial charge in [0.2, 0.25) is 0 Å². The molecule has 0 rings (SSSR count). The van der Waals surface area contributed by atoms with Gasteiger partial charge in [-0.25, -0.2) is 0 Å². The lowest BCUT2D eigenvalue weighted by Gasteiger charge is -1.59. The van der Waals surface area contributed by atoms with Crippen LogP contribution in [0.3, 0.4) is 0 Å². The zero-order valence-corrected chi connectivity index (χ0v) is 4.46. The fourth-order valence-corrected chi connectivity index (χ4v) is 0. The smallest absolute Gasteiger partial charge is 0.0912 e. The van der Waals surface area contributed by atoms with Crippen LogP contribution >= 0.6 is 15.9 Å². The van der Waals surface area contributed by atoms with Gasteiger partial charge in [-0.1, -0.05) is 0 Å². The summed E-state index contributed by atoms with van der Waals surface area (Å²) in [7, 11) is 0. The van der Waals surface area contributed by atoms with Crippen LogP contribution < -0.4 is 0 Å². The maximum Gasteiger partial charge on any atom is 0.198 e. The second kappa shape index (κ2) is 1.65. The Hall–Kier alpha value is 0.350. The molecule has 0 saturated carbocycles. The number of rotatable bonds is 0. The molecule has 0 fully saturated rings. The normalized spacial score (nSPS) is 6.75. The molecule has 0 radical (unpaired) electrons. The van der Waals surface area contributed by atoms with Gasteiger partial charge in [0.05, 0.1) is 13.8 Å². The molecule has 0 atom stereocenters. The predicted octanol–water partition coefficient (Wildman–Crippen LogP) is 1.95. The lowest BCUT2D eigenvalue weighted by Crippen LogP contribution is -1.53. The van der Waals surface area contributed by atoms with Crippen LogP contribution in [-0.2, 0) is 0 Å². The second-order valence-electron chi connectivity index (χ2n) is 0.878. The third kappa shape index (κ3) is 35.0. The van der Waals surface area contributed by atoms with Gasteiger partial charge < -0.3 is 0 Å². The summed E-state index contributed by atoms with van der Waals surface area (Å²) in [6.45, 7) is 4.00. The highest BCUT2D eigenvalue weighted by Crippen LogP contribution is 2.01. The standard InChI is InChI=1S/C3H6Br/c1-3(2)4/h1-2H3/q+1. The van der Waals surface area contributed by atoms with Crippen LogP contribution in [0.1, 0.15) is 13.8 Å². The van der Waals surface area contributed by atoms with Crippen molar-refractivity contribution in [1.82, 2.24) is 0 Å². The van der Waals surface area contributed by atoms with Gasteiger partial charge in [-0.2, -0.15) is 0 Å². The fourth-order valence-electron chi connectivity index (χ4n) is 0. The molecule has 0 aliphatic rings. The Labute approximate surface area is 35.3 Å². The molecule has 24 valence electrons. The Morgan fingerprint density at radius 3 is 1.50 bits per heavy atom. The van der Waals surface area contributed by atoms with Crippen molar-refractivity contribution in [1.29, 1.82) is 0 Å². The molecule has 0 nitrogen and oxygen atoms in total. The van der Waals surface area contributed by atoms with Crippen molar-refractivity contribution < 1.29 is 0 Å². The number of halogens is 1. The van der Waals surface area contributed by atoms with Crippen LogP contribution in [0, 0.1) is 4.83 Å². The maximum atomic E-state index is 3.19. The summed E-state index contributed by atoms with van der Waals surface area (Å²) in [4.78, 5) is 1.23. The van der Waals surface area contributed by atoms with Crippen LogP contribution in [0.4, 0.5) is 0 Å². The molecule has 0 bridgehead atoms. The summed E-state index contributed by atoms with van der Waals surface area (Å²) in [5.41, 5.74) is 0. The molecule has 0 aromatic heterocycles. The van der Waals surface area contributed by atoms with Crippen LogP contribution in [0.2, 0.25) is 0 Å². The van der Waals surface area contributed by atoms with Gasteiger partial charge in [0, 0.05) is 0 Å². The monoisotopic (exact) mass is 121 g/mol. The zero-order valence-electron chi connectivity index (χ0n) is 2.88. The minimum atomic E-state index is 1.23. The Kier molecular flexibility index (Phi) is 1.79. The van der Waals surface area contributed by atoms with E-state index in [4.69, 9.17) is 0 Å². The predicted molar refractivity (Wildman–Crippen MR) is 23.5 cm³/mol. The molecular formula is C3H6Br+. The van der Waals surface area contributed by atoms with Gasteiger partial charge in [0.1, 0.15) is 0 Å². The van der Waals surface area contributed by atoms with Crippen molar-refractivity contribution in [2.45, 2.75) is 13.8 Å². The third-order valence-electron chi connectivity index (χ3n) is 0. The zero-order chi connectivity index (χ0) is 3.58. The number of hydrogen-bond donors (Lipinski definition) is 0. The molecule has 0 saturated heterocycles. The van der Waals surface area contributed by atoms with Gasteiger partial charge in [0.15, 0.2) is 20.8 Å². The van der Waals surface area contributed by atoms with Crippen molar-refractivity contribution in [3.05, 3.63) is 4.83 Å². The molecule has 4 heavy (non-hydrogen) atoms. The Morgan fingerprint density at radius 2 is 1.50 bits per heavy atom. The first-order valence-electron chi connectivity index (χ1n) is 1.19. The lowest BCUT2D eigenvalue weighted by molar-refractivity contribution is 1.36. The Bertz CT molecular complexity index is 8.00. The fraction of sp³-hybridized carbons (Fsp3) is 0.667. The SMILES string of the molecule is C[C+](C)Br. The van der Waals surface area contributed by atoms with E-state index in [2.05, 4.69) is 15.9 Å². The minimum Gasteiger partial charge on any atom is 0.0912 e. The average molecular weight is 122 g/mol. The molecule has 0 heterocycles. The average Bonchev–Trinajstić information content (AvgIpc) is 0.811. The van der Waals surface area contributed by atoms with Crippen molar-refractivity contribution in [2.75, 3.05) is 0 Å². The van der Waals surface area contributed by atoms with Gasteiger partial charge in [-0.3, -0.25) is 0 Å². The van der Waals surface area contributed by atoms with Gasteiger partial charge in [-0.05, 0) is 0 Å². The molecule has 1 heteroatoms. The van der Waals surface area contributed by atoms with E-state index < -0.39 is 0 Å². The minimum absolute atomic E-state index is 1.23. The van der Waals surface area contributed by atoms with E-state index >= 15 is 0 Å². The van der Waals surface area contributed by atoms with Gasteiger partial charge >= 0.3 is 0 Å². The van der Waals surface area contributed by atoms with E-state index in [1.165, 1.54) is 4.83 Å². The molecule has 0 aromatic rings. The van der Waals surface area contributed by atoms with Gasteiger partial charge in [0.25, 0.3) is 0 Å². The molecule has 0 aromatic carbocycles. The molecule has 0 unspecified atom stereocenters. The molecule has 0 N–H and O–H groups in total. The topological polar surface area (TPSA) is 0 Å². The molecule has 0 spiro atoms. The largest absolute Gasteiger partial charge is 0.198 e. The van der Waals surface area contributed by atoms with E-state index in [0.29, 0.717) is 0 Å². The molecule has 0 amide bonds. The number of hydrogen-bond acceptors (Lipinski definition) is 0. The first kappa shape index (κ1) is 4.35. The summed E-state index contributed by atoms with van der Waals surface area (Å²) >= 11 is 3.19. The summed E-state index contributed by atoms with van der Waals surface area (Å²) in [5.74, 6) is 0. The van der Waals surface area contributed by atoms with Crippen LogP contribution in [0.15, 0.2) is 0 Å². The summed E-state index contributed by atoms with van der Waals surface area (Å²) in [6.07, 6.45) is 0. The quantitative estimate of drug-likeness (QED) is 0.430. The van der Waals surface area contributed by atoms with Crippen molar-refractivity contribution >= 4 is 15.9 Å². The Balaban J connectivity index is 2.32. The second-order valence-corrected chi connectivity index (χ2v) is 2.46. The lowest BCUT2D eigenvalue weighted by atomic mass is 10.6. The van der Waals surface area contributed by atoms with E-state index in [1.54, 1.807) is 0 Å². The summed E-state index contributed by atoms with van der Waals surface area (Å²) in [5, 5.41) is 0. The highest BCUT2D eigenvalue weighted by Gasteiger charge is 1.88. The molecular weight excluding hydrogens is 116 g/mol. The first-order valence-corrected chi connectivity index (χ1v) is 1.98. The van der Waals surface area contributed by atoms with E-state index in [9.17, 15) is 0 Å². The van der Waals surface area contributed by atoms with Crippen molar-refractivity contribution in [3.63, 3.8) is 0 Å².